The van der Waals surface area contributed by atoms with Gasteiger partial charge in [0.15, 0.2) is 0 Å². The van der Waals surface area contributed by atoms with Gasteiger partial charge in [0.1, 0.15) is 0 Å². The topological polar surface area (TPSA) is 20.2 Å². The summed E-state index contributed by atoms with van der Waals surface area (Å²) < 4.78 is 0. The maximum atomic E-state index is 10.2. The van der Waals surface area contributed by atoms with Crippen molar-refractivity contribution in [3.05, 3.63) is 35.5 Å². The van der Waals surface area contributed by atoms with E-state index in [1.807, 2.05) is 0 Å². The Bertz CT molecular complexity index is 712. The van der Waals surface area contributed by atoms with Gasteiger partial charge in [-0.05, 0) is 102 Å². The normalized spacial score (nSPS) is 44.0. The SMILES string of the molecule is CC(C)C(C)/C=C/C(C)C1CCC2C3=CC[C@H]4C[C@@H](O)CCC4(C)C3=CCC21C. The fourth-order valence-electron chi connectivity index (χ4n) is 7.44. The minimum Gasteiger partial charge on any atom is -0.393 e. The minimum atomic E-state index is -0.0748. The molecule has 0 saturated heterocycles. The Morgan fingerprint density at radius 1 is 1.03 bits per heavy atom. The monoisotopic (exact) mass is 396 g/mol. The summed E-state index contributed by atoms with van der Waals surface area (Å²) in [5.41, 5.74) is 4.11. The molecule has 1 nitrogen and oxygen atoms in total. The van der Waals surface area contributed by atoms with E-state index in [2.05, 4.69) is 65.8 Å². The van der Waals surface area contributed by atoms with Gasteiger partial charge in [0, 0.05) is 0 Å². The van der Waals surface area contributed by atoms with Crippen LogP contribution in [0.15, 0.2) is 35.5 Å². The van der Waals surface area contributed by atoms with Crippen LogP contribution in [-0.2, 0) is 0 Å². The molecule has 4 aliphatic rings. The summed E-state index contributed by atoms with van der Waals surface area (Å²) in [5, 5.41) is 10.2. The van der Waals surface area contributed by atoms with Crippen molar-refractivity contribution >= 4 is 0 Å². The van der Waals surface area contributed by atoms with Gasteiger partial charge in [-0.25, -0.2) is 0 Å². The molecule has 4 aliphatic carbocycles. The molecule has 1 N–H and O–H groups in total. The molecule has 0 radical (unpaired) electrons. The highest BCUT2D eigenvalue weighted by Crippen LogP contribution is 2.64. The highest BCUT2D eigenvalue weighted by molar-refractivity contribution is 5.46. The average molecular weight is 397 g/mol. The highest BCUT2D eigenvalue weighted by Gasteiger charge is 2.55. The third kappa shape index (κ3) is 3.50. The van der Waals surface area contributed by atoms with Gasteiger partial charge >= 0.3 is 0 Å². The van der Waals surface area contributed by atoms with Crippen LogP contribution in [0.2, 0.25) is 0 Å². The first-order valence-electron chi connectivity index (χ1n) is 12.4. The molecule has 2 saturated carbocycles. The van der Waals surface area contributed by atoms with E-state index in [0.29, 0.717) is 28.6 Å². The van der Waals surface area contributed by atoms with E-state index in [9.17, 15) is 5.11 Å². The number of hydrogen-bond donors (Lipinski definition) is 1. The molecule has 0 bridgehead atoms. The zero-order chi connectivity index (χ0) is 21.0. The second kappa shape index (κ2) is 7.70. The summed E-state index contributed by atoms with van der Waals surface area (Å²) in [5.74, 6) is 4.23. The zero-order valence-corrected chi connectivity index (χ0v) is 19.7. The maximum Gasteiger partial charge on any atom is 0.0543 e. The van der Waals surface area contributed by atoms with Gasteiger partial charge in [0.05, 0.1) is 6.10 Å². The van der Waals surface area contributed by atoms with Crippen LogP contribution in [0.5, 0.6) is 0 Å². The van der Waals surface area contributed by atoms with Crippen LogP contribution in [0.25, 0.3) is 0 Å². The van der Waals surface area contributed by atoms with Gasteiger partial charge < -0.3 is 5.11 Å². The molecule has 0 aliphatic heterocycles. The van der Waals surface area contributed by atoms with E-state index in [4.69, 9.17) is 0 Å². The van der Waals surface area contributed by atoms with E-state index >= 15 is 0 Å². The van der Waals surface area contributed by atoms with Gasteiger partial charge in [-0.2, -0.15) is 0 Å². The van der Waals surface area contributed by atoms with Crippen molar-refractivity contribution in [2.75, 3.05) is 0 Å². The third-order valence-corrected chi connectivity index (χ3v) is 9.94. The minimum absolute atomic E-state index is 0.0748. The summed E-state index contributed by atoms with van der Waals surface area (Å²) in [6.45, 7) is 14.6. The van der Waals surface area contributed by atoms with E-state index in [0.717, 1.165) is 30.6 Å². The lowest BCUT2D eigenvalue weighted by Gasteiger charge is -2.53. The lowest BCUT2D eigenvalue weighted by molar-refractivity contribution is 0.0316. The molecule has 6 unspecified atom stereocenters. The van der Waals surface area contributed by atoms with E-state index < -0.39 is 0 Å². The lowest BCUT2D eigenvalue weighted by Crippen LogP contribution is -2.44. The fraction of sp³-hybridized carbons (Fsp3) is 0.786. The number of aliphatic hydroxyl groups excluding tert-OH is 1. The molecule has 0 spiro atoms. The summed E-state index contributed by atoms with van der Waals surface area (Å²) in [4.78, 5) is 0. The molecule has 29 heavy (non-hydrogen) atoms. The third-order valence-electron chi connectivity index (χ3n) is 9.94. The van der Waals surface area contributed by atoms with Gasteiger partial charge in [-0.15, -0.1) is 0 Å². The van der Waals surface area contributed by atoms with Gasteiger partial charge in [-0.1, -0.05) is 65.8 Å². The number of aliphatic hydroxyl groups is 1. The second-order valence-corrected chi connectivity index (χ2v) is 11.8. The van der Waals surface area contributed by atoms with Crippen LogP contribution >= 0.6 is 0 Å². The molecule has 162 valence electrons. The van der Waals surface area contributed by atoms with Crippen molar-refractivity contribution in [2.24, 2.45) is 46.3 Å². The summed E-state index contributed by atoms with van der Waals surface area (Å²) >= 11 is 0. The maximum absolute atomic E-state index is 10.2. The van der Waals surface area contributed by atoms with Gasteiger partial charge in [0.2, 0.25) is 0 Å². The molecular weight excluding hydrogens is 352 g/mol. The van der Waals surface area contributed by atoms with Crippen LogP contribution in [0.3, 0.4) is 0 Å². The molecular formula is C28H44O. The first-order valence-corrected chi connectivity index (χ1v) is 12.4. The standard InChI is InChI=1S/C28H44O/c1-18(2)19(3)7-8-20(4)24-11-12-25-23-10-9-21-17-22(29)13-15-27(21,5)26(23)14-16-28(24,25)6/h7-8,10,14,18-22,24-25,29H,9,11-13,15-17H2,1-6H3/b8-7+/t19?,20?,21-,22-,24?,25?,27?,28?/m0/s1. The van der Waals surface area contributed by atoms with E-state index in [1.54, 1.807) is 11.1 Å². The molecule has 0 heterocycles. The van der Waals surface area contributed by atoms with Crippen molar-refractivity contribution in [1.82, 2.24) is 0 Å². The van der Waals surface area contributed by atoms with Gasteiger partial charge in [-0.3, -0.25) is 0 Å². The van der Waals surface area contributed by atoms with E-state index in [-0.39, 0.29) is 6.10 Å². The molecule has 2 fully saturated rings. The van der Waals surface area contributed by atoms with E-state index in [1.165, 1.54) is 32.1 Å². The molecule has 0 aromatic rings. The Morgan fingerprint density at radius 3 is 2.52 bits per heavy atom. The first kappa shape index (κ1) is 21.4. The van der Waals surface area contributed by atoms with Gasteiger partial charge in [0.25, 0.3) is 0 Å². The van der Waals surface area contributed by atoms with Crippen LogP contribution < -0.4 is 0 Å². The summed E-state index contributed by atoms with van der Waals surface area (Å²) in [6, 6.07) is 0. The smallest absolute Gasteiger partial charge is 0.0543 e. The highest BCUT2D eigenvalue weighted by atomic mass is 16.3. The van der Waals surface area contributed by atoms with Crippen molar-refractivity contribution in [1.29, 1.82) is 0 Å². The number of hydrogen-bond acceptors (Lipinski definition) is 1. The predicted molar refractivity (Wildman–Crippen MR) is 123 cm³/mol. The number of allylic oxidation sites excluding steroid dienone is 6. The first-order chi connectivity index (χ1) is 13.7. The Labute approximate surface area is 179 Å². The zero-order valence-electron chi connectivity index (χ0n) is 19.7. The van der Waals surface area contributed by atoms with Crippen molar-refractivity contribution < 1.29 is 5.11 Å². The molecule has 0 aromatic heterocycles. The van der Waals surface area contributed by atoms with Crippen LogP contribution in [0.1, 0.15) is 86.5 Å². The molecule has 1 heteroatoms. The van der Waals surface area contributed by atoms with Crippen LogP contribution in [0.4, 0.5) is 0 Å². The van der Waals surface area contributed by atoms with Crippen LogP contribution in [0, 0.1) is 46.3 Å². The largest absolute Gasteiger partial charge is 0.393 e. The molecule has 0 aromatic carbocycles. The fourth-order valence-corrected chi connectivity index (χ4v) is 7.44. The average Bonchev–Trinajstić information content (AvgIpc) is 3.03. The molecule has 8 atom stereocenters. The van der Waals surface area contributed by atoms with Crippen LogP contribution in [-0.4, -0.2) is 11.2 Å². The Hall–Kier alpha value is -0.820. The van der Waals surface area contributed by atoms with Crippen molar-refractivity contribution in [3.8, 4) is 0 Å². The number of fused-ring (bicyclic) bond motifs is 5. The molecule has 4 rings (SSSR count). The van der Waals surface area contributed by atoms with Crippen molar-refractivity contribution in [3.63, 3.8) is 0 Å². The summed E-state index contributed by atoms with van der Waals surface area (Å²) in [7, 11) is 0. The molecule has 0 amide bonds. The predicted octanol–water partition coefficient (Wildman–Crippen LogP) is 7.33. The second-order valence-electron chi connectivity index (χ2n) is 11.8. The Morgan fingerprint density at radius 2 is 1.79 bits per heavy atom. The Balaban J connectivity index is 1.58. The number of rotatable bonds is 4. The van der Waals surface area contributed by atoms with Crippen molar-refractivity contribution in [2.45, 2.75) is 92.6 Å². The quantitative estimate of drug-likeness (QED) is 0.493. The lowest BCUT2D eigenvalue weighted by atomic mass is 9.51. The summed E-state index contributed by atoms with van der Waals surface area (Å²) in [6.07, 6.45) is 18.5. The Kier molecular flexibility index (Phi) is 5.69.